The number of carbonyl (C=O) groups excluding carboxylic acids is 1. The molecule has 0 saturated heterocycles. The SMILES string of the molecule is CCCCOc1cc(C#N)c2sc(NC(N)=O)nc2c1. The number of thiazole rings is 1. The fraction of sp³-hybridized carbons (Fsp3) is 0.308. The zero-order valence-electron chi connectivity index (χ0n) is 11.0. The Hall–Kier alpha value is -2.33. The second kappa shape index (κ2) is 6.21. The number of benzene rings is 1. The normalized spacial score (nSPS) is 10.2. The number of carbonyl (C=O) groups is 1. The molecule has 0 aliphatic heterocycles. The fourth-order valence-corrected chi connectivity index (χ4v) is 2.58. The molecule has 1 heterocycles. The number of nitrogens with one attached hydrogen (secondary N) is 1. The number of nitrogens with zero attached hydrogens (tertiary/aromatic N) is 2. The van der Waals surface area contributed by atoms with Crippen LogP contribution < -0.4 is 15.8 Å². The minimum atomic E-state index is -0.679. The van der Waals surface area contributed by atoms with E-state index >= 15 is 0 Å². The van der Waals surface area contributed by atoms with Crippen molar-refractivity contribution >= 4 is 32.7 Å². The van der Waals surface area contributed by atoms with E-state index in [1.165, 1.54) is 11.3 Å². The number of fused-ring (bicyclic) bond motifs is 1. The molecule has 0 bridgehead atoms. The van der Waals surface area contributed by atoms with Gasteiger partial charge in [0.1, 0.15) is 11.8 Å². The second-order valence-corrected chi connectivity index (χ2v) is 5.14. The van der Waals surface area contributed by atoms with Gasteiger partial charge in [0.25, 0.3) is 0 Å². The maximum Gasteiger partial charge on any atom is 0.318 e. The molecule has 7 heteroatoms. The van der Waals surface area contributed by atoms with Crippen molar-refractivity contribution in [3.63, 3.8) is 0 Å². The van der Waals surface area contributed by atoms with E-state index in [1.807, 2.05) is 0 Å². The van der Waals surface area contributed by atoms with Crippen LogP contribution in [-0.2, 0) is 0 Å². The number of aromatic nitrogens is 1. The highest BCUT2D eigenvalue weighted by Gasteiger charge is 2.11. The highest BCUT2D eigenvalue weighted by molar-refractivity contribution is 7.22. The topological polar surface area (TPSA) is 101 Å². The Labute approximate surface area is 120 Å². The second-order valence-electron chi connectivity index (χ2n) is 4.14. The Kier molecular flexibility index (Phi) is 4.38. The summed E-state index contributed by atoms with van der Waals surface area (Å²) in [6.45, 7) is 2.68. The largest absolute Gasteiger partial charge is 0.493 e. The molecule has 0 atom stereocenters. The molecule has 2 aromatic rings. The van der Waals surface area contributed by atoms with Gasteiger partial charge in [0.05, 0.1) is 22.4 Å². The Morgan fingerprint density at radius 2 is 2.40 bits per heavy atom. The van der Waals surface area contributed by atoms with E-state index in [9.17, 15) is 10.1 Å². The van der Waals surface area contributed by atoms with Gasteiger partial charge in [0.2, 0.25) is 0 Å². The smallest absolute Gasteiger partial charge is 0.318 e. The number of primary amides is 1. The summed E-state index contributed by atoms with van der Waals surface area (Å²) >= 11 is 1.21. The summed E-state index contributed by atoms with van der Waals surface area (Å²) in [5.74, 6) is 0.610. The van der Waals surface area contributed by atoms with Crippen LogP contribution >= 0.6 is 11.3 Å². The molecular formula is C13H14N4O2S. The van der Waals surface area contributed by atoms with E-state index in [0.717, 1.165) is 12.8 Å². The van der Waals surface area contributed by atoms with Crippen LogP contribution in [0, 0.1) is 11.3 Å². The van der Waals surface area contributed by atoms with Crippen LogP contribution in [0.5, 0.6) is 5.75 Å². The fourth-order valence-electron chi connectivity index (χ4n) is 1.67. The van der Waals surface area contributed by atoms with Gasteiger partial charge in [-0.3, -0.25) is 5.32 Å². The van der Waals surface area contributed by atoms with Gasteiger partial charge in [-0.2, -0.15) is 5.26 Å². The Morgan fingerprint density at radius 3 is 3.05 bits per heavy atom. The Morgan fingerprint density at radius 1 is 1.60 bits per heavy atom. The molecule has 0 saturated carbocycles. The molecule has 0 fully saturated rings. The first-order chi connectivity index (χ1) is 9.63. The summed E-state index contributed by atoms with van der Waals surface area (Å²) in [6.07, 6.45) is 1.99. The molecular weight excluding hydrogens is 276 g/mol. The molecule has 0 aliphatic rings. The van der Waals surface area contributed by atoms with Crippen LogP contribution in [-0.4, -0.2) is 17.6 Å². The summed E-state index contributed by atoms with van der Waals surface area (Å²) in [4.78, 5) is 15.1. The van der Waals surface area contributed by atoms with Gasteiger partial charge in [0, 0.05) is 6.07 Å². The van der Waals surface area contributed by atoms with Crippen LogP contribution in [0.4, 0.5) is 9.93 Å². The quantitative estimate of drug-likeness (QED) is 0.827. The highest BCUT2D eigenvalue weighted by Crippen LogP contribution is 2.32. The van der Waals surface area contributed by atoms with Gasteiger partial charge in [-0.05, 0) is 12.5 Å². The van der Waals surface area contributed by atoms with E-state index in [1.54, 1.807) is 12.1 Å². The third kappa shape index (κ3) is 3.16. The van der Waals surface area contributed by atoms with Crippen molar-refractivity contribution in [2.75, 3.05) is 11.9 Å². The van der Waals surface area contributed by atoms with Gasteiger partial charge in [-0.1, -0.05) is 24.7 Å². The third-order valence-electron chi connectivity index (χ3n) is 2.58. The maximum absolute atomic E-state index is 10.8. The predicted molar refractivity (Wildman–Crippen MR) is 77.9 cm³/mol. The summed E-state index contributed by atoms with van der Waals surface area (Å²) < 4.78 is 6.30. The average molecular weight is 290 g/mol. The molecule has 1 aromatic heterocycles. The number of nitrogens with two attached hydrogens (primary N) is 1. The first-order valence-electron chi connectivity index (χ1n) is 6.18. The number of hydrogen-bond donors (Lipinski definition) is 2. The predicted octanol–water partition coefficient (Wildman–Crippen LogP) is 2.84. The molecule has 104 valence electrons. The number of nitriles is 1. The van der Waals surface area contributed by atoms with Crippen molar-refractivity contribution < 1.29 is 9.53 Å². The van der Waals surface area contributed by atoms with Crippen molar-refractivity contribution in [1.82, 2.24) is 4.98 Å². The van der Waals surface area contributed by atoms with Crippen molar-refractivity contribution in [3.8, 4) is 11.8 Å². The standard InChI is InChI=1S/C13H14N4O2S/c1-2-3-4-19-9-5-8(7-14)11-10(6-9)16-13(20-11)17-12(15)18/h5-6H,2-4H2,1H3,(H3,15,16,17,18). The molecule has 2 rings (SSSR count). The molecule has 2 amide bonds. The monoisotopic (exact) mass is 290 g/mol. The zero-order valence-corrected chi connectivity index (χ0v) is 11.8. The Balaban J connectivity index is 2.34. The third-order valence-corrected chi connectivity index (χ3v) is 3.60. The average Bonchev–Trinajstić information content (AvgIpc) is 2.79. The lowest BCUT2D eigenvalue weighted by Crippen LogP contribution is -2.18. The van der Waals surface area contributed by atoms with Crippen LogP contribution in [0.25, 0.3) is 10.2 Å². The van der Waals surface area contributed by atoms with Crippen molar-refractivity contribution in [3.05, 3.63) is 17.7 Å². The van der Waals surface area contributed by atoms with Gasteiger partial charge < -0.3 is 10.5 Å². The summed E-state index contributed by atoms with van der Waals surface area (Å²) in [5.41, 5.74) is 6.15. The number of ether oxygens (including phenoxy) is 1. The lowest BCUT2D eigenvalue weighted by atomic mass is 10.2. The molecule has 0 spiro atoms. The van der Waals surface area contributed by atoms with Gasteiger partial charge in [-0.15, -0.1) is 0 Å². The van der Waals surface area contributed by atoms with E-state index in [4.69, 9.17) is 10.5 Å². The Bertz CT molecular complexity index is 675. The highest BCUT2D eigenvalue weighted by atomic mass is 32.1. The summed E-state index contributed by atoms with van der Waals surface area (Å²) in [7, 11) is 0. The number of anilines is 1. The lowest BCUT2D eigenvalue weighted by molar-refractivity contribution is 0.259. The molecule has 6 nitrogen and oxygen atoms in total. The van der Waals surface area contributed by atoms with Gasteiger partial charge in [0.15, 0.2) is 5.13 Å². The van der Waals surface area contributed by atoms with Crippen molar-refractivity contribution in [1.29, 1.82) is 5.26 Å². The van der Waals surface area contributed by atoms with Crippen LogP contribution in [0.15, 0.2) is 12.1 Å². The number of unbranched alkanes of at least 4 members (excludes halogenated alkanes) is 1. The molecule has 0 aliphatic carbocycles. The van der Waals surface area contributed by atoms with Crippen molar-refractivity contribution in [2.45, 2.75) is 19.8 Å². The van der Waals surface area contributed by atoms with E-state index in [-0.39, 0.29) is 0 Å². The van der Waals surface area contributed by atoms with E-state index in [2.05, 4.69) is 23.3 Å². The van der Waals surface area contributed by atoms with Crippen LogP contribution in [0.1, 0.15) is 25.3 Å². The molecule has 0 radical (unpaired) electrons. The van der Waals surface area contributed by atoms with Gasteiger partial charge >= 0.3 is 6.03 Å². The number of hydrogen-bond acceptors (Lipinski definition) is 5. The summed E-state index contributed by atoms with van der Waals surface area (Å²) in [5, 5.41) is 12.0. The van der Waals surface area contributed by atoms with Crippen LogP contribution in [0.3, 0.4) is 0 Å². The lowest BCUT2D eigenvalue weighted by Gasteiger charge is -2.05. The minimum Gasteiger partial charge on any atom is -0.493 e. The molecule has 3 N–H and O–H groups in total. The molecule has 20 heavy (non-hydrogen) atoms. The van der Waals surface area contributed by atoms with E-state index in [0.29, 0.717) is 33.3 Å². The zero-order chi connectivity index (χ0) is 14.5. The van der Waals surface area contributed by atoms with E-state index < -0.39 is 6.03 Å². The number of rotatable bonds is 5. The summed E-state index contributed by atoms with van der Waals surface area (Å²) in [6, 6.07) is 4.88. The van der Waals surface area contributed by atoms with Crippen molar-refractivity contribution in [2.24, 2.45) is 5.73 Å². The molecule has 0 unspecified atom stereocenters. The maximum atomic E-state index is 10.8. The molecule has 1 aromatic carbocycles. The first kappa shape index (κ1) is 14.1. The first-order valence-corrected chi connectivity index (χ1v) is 6.99. The minimum absolute atomic E-state index is 0.370. The number of urea groups is 1. The van der Waals surface area contributed by atoms with Crippen LogP contribution in [0.2, 0.25) is 0 Å². The number of amides is 2. The van der Waals surface area contributed by atoms with Gasteiger partial charge in [-0.25, -0.2) is 9.78 Å².